The van der Waals surface area contributed by atoms with Crippen LogP contribution in [-0.2, 0) is 17.6 Å². The van der Waals surface area contributed by atoms with E-state index in [1.807, 2.05) is 24.4 Å². The number of benzene rings is 1. The third kappa shape index (κ3) is 2.70. The lowest BCUT2D eigenvalue weighted by atomic mass is 10.0. The highest BCUT2D eigenvalue weighted by atomic mass is 16.4. The second-order valence-corrected chi connectivity index (χ2v) is 5.52. The summed E-state index contributed by atoms with van der Waals surface area (Å²) in [5.74, 6) is -0.774. The lowest BCUT2D eigenvalue weighted by Crippen LogP contribution is -2.21. The van der Waals surface area contributed by atoms with Crippen molar-refractivity contribution >= 4 is 16.9 Å². The largest absolute Gasteiger partial charge is 0.481 e. The van der Waals surface area contributed by atoms with E-state index < -0.39 is 5.97 Å². The van der Waals surface area contributed by atoms with E-state index in [2.05, 4.69) is 9.88 Å². The van der Waals surface area contributed by atoms with Gasteiger partial charge in [0, 0.05) is 23.6 Å². The third-order valence-corrected chi connectivity index (χ3v) is 4.11. The van der Waals surface area contributed by atoms with Crippen molar-refractivity contribution in [3.05, 3.63) is 35.5 Å². The first kappa shape index (κ1) is 13.2. The number of rotatable bonds is 5. The Morgan fingerprint density at radius 1 is 1.25 bits per heavy atom. The van der Waals surface area contributed by atoms with Gasteiger partial charge in [-0.05, 0) is 49.5 Å². The molecule has 2 heterocycles. The number of carboxylic acid groups (broad SMARTS) is 1. The number of carboxylic acids is 1. The van der Waals surface area contributed by atoms with Crippen molar-refractivity contribution in [3.8, 4) is 0 Å². The number of nitrogens with zero attached hydrogens (tertiary/aromatic N) is 1. The second-order valence-electron chi connectivity index (χ2n) is 5.52. The van der Waals surface area contributed by atoms with Crippen LogP contribution in [0.25, 0.3) is 10.9 Å². The van der Waals surface area contributed by atoms with Gasteiger partial charge in [-0.2, -0.15) is 0 Å². The highest BCUT2D eigenvalue weighted by Crippen LogP contribution is 2.24. The first-order valence-electron chi connectivity index (χ1n) is 7.26. The molecule has 0 bridgehead atoms. The van der Waals surface area contributed by atoms with Gasteiger partial charge in [-0.15, -0.1) is 0 Å². The fourth-order valence-corrected chi connectivity index (χ4v) is 3.13. The molecule has 2 N–H and O–H groups in total. The Morgan fingerprint density at radius 2 is 2.05 bits per heavy atom. The Labute approximate surface area is 118 Å². The number of carbonyl (C=O) groups is 1. The molecule has 4 nitrogen and oxygen atoms in total. The van der Waals surface area contributed by atoms with Crippen LogP contribution in [0.3, 0.4) is 0 Å². The first-order valence-corrected chi connectivity index (χ1v) is 7.26. The van der Waals surface area contributed by atoms with Gasteiger partial charge in [0.15, 0.2) is 0 Å². The van der Waals surface area contributed by atoms with Crippen molar-refractivity contribution in [2.75, 3.05) is 19.6 Å². The fourth-order valence-electron chi connectivity index (χ4n) is 3.13. The molecule has 106 valence electrons. The molecule has 0 spiro atoms. The zero-order valence-corrected chi connectivity index (χ0v) is 11.6. The maximum Gasteiger partial charge on any atom is 0.307 e. The standard InChI is InChI=1S/C16H20N2O2/c19-15(20)10-12-4-3-5-14-16(12)13(11-17-14)6-9-18-7-1-2-8-18/h3-5,11,17H,1-2,6-10H2,(H,19,20). The molecular formula is C16H20N2O2. The Balaban J connectivity index is 1.84. The molecule has 0 aliphatic carbocycles. The van der Waals surface area contributed by atoms with Crippen molar-refractivity contribution in [1.29, 1.82) is 0 Å². The topological polar surface area (TPSA) is 56.3 Å². The summed E-state index contributed by atoms with van der Waals surface area (Å²) in [6.45, 7) is 3.46. The Hall–Kier alpha value is -1.81. The molecule has 0 atom stereocenters. The number of aromatic nitrogens is 1. The highest BCUT2D eigenvalue weighted by molar-refractivity contribution is 5.89. The van der Waals surface area contributed by atoms with Crippen LogP contribution >= 0.6 is 0 Å². The summed E-state index contributed by atoms with van der Waals surface area (Å²) < 4.78 is 0. The van der Waals surface area contributed by atoms with Crippen molar-refractivity contribution in [1.82, 2.24) is 9.88 Å². The molecule has 2 aromatic rings. The molecule has 0 unspecified atom stereocenters. The normalized spacial score (nSPS) is 16.0. The van der Waals surface area contributed by atoms with Crippen molar-refractivity contribution in [3.63, 3.8) is 0 Å². The number of hydrogen-bond donors (Lipinski definition) is 2. The number of fused-ring (bicyclic) bond motifs is 1. The summed E-state index contributed by atoms with van der Waals surface area (Å²) in [7, 11) is 0. The zero-order valence-electron chi connectivity index (χ0n) is 11.6. The number of hydrogen-bond acceptors (Lipinski definition) is 2. The van der Waals surface area contributed by atoms with Crippen LogP contribution in [0.15, 0.2) is 24.4 Å². The minimum atomic E-state index is -0.774. The second kappa shape index (κ2) is 5.67. The van der Waals surface area contributed by atoms with Crippen LogP contribution in [0.1, 0.15) is 24.0 Å². The molecule has 1 fully saturated rings. The molecule has 20 heavy (non-hydrogen) atoms. The van der Waals surface area contributed by atoms with Crippen LogP contribution in [0, 0.1) is 0 Å². The molecule has 1 aliphatic rings. The smallest absolute Gasteiger partial charge is 0.307 e. The minimum Gasteiger partial charge on any atom is -0.481 e. The van der Waals surface area contributed by atoms with Gasteiger partial charge in [-0.1, -0.05) is 12.1 Å². The lowest BCUT2D eigenvalue weighted by molar-refractivity contribution is -0.136. The predicted octanol–water partition coefficient (Wildman–Crippen LogP) is 2.43. The molecule has 0 amide bonds. The molecule has 0 radical (unpaired) electrons. The van der Waals surface area contributed by atoms with Crippen molar-refractivity contribution < 1.29 is 9.90 Å². The molecule has 4 heteroatoms. The van der Waals surface area contributed by atoms with Gasteiger partial charge in [-0.25, -0.2) is 0 Å². The number of H-pyrrole nitrogens is 1. The quantitative estimate of drug-likeness (QED) is 0.879. The summed E-state index contributed by atoms with van der Waals surface area (Å²) in [6, 6.07) is 5.85. The number of aliphatic carboxylic acids is 1. The van der Waals surface area contributed by atoms with Crippen molar-refractivity contribution in [2.24, 2.45) is 0 Å². The Bertz CT molecular complexity index is 612. The number of aromatic amines is 1. The van der Waals surface area contributed by atoms with E-state index in [9.17, 15) is 4.79 Å². The lowest BCUT2D eigenvalue weighted by Gasteiger charge is -2.14. The minimum absolute atomic E-state index is 0.0892. The monoisotopic (exact) mass is 272 g/mol. The molecule has 1 saturated heterocycles. The van der Waals surface area contributed by atoms with E-state index in [4.69, 9.17) is 5.11 Å². The molecule has 1 aromatic carbocycles. The molecule has 1 aromatic heterocycles. The van der Waals surface area contributed by atoms with Gasteiger partial charge in [0.2, 0.25) is 0 Å². The van der Waals surface area contributed by atoms with Gasteiger partial charge in [0.25, 0.3) is 0 Å². The number of likely N-dealkylation sites (tertiary alicyclic amines) is 1. The van der Waals surface area contributed by atoms with Gasteiger partial charge < -0.3 is 15.0 Å². The van der Waals surface area contributed by atoms with Gasteiger partial charge in [-0.3, -0.25) is 4.79 Å². The summed E-state index contributed by atoms with van der Waals surface area (Å²) in [5.41, 5.74) is 3.19. The average molecular weight is 272 g/mol. The SMILES string of the molecule is O=C(O)Cc1cccc2[nH]cc(CCN3CCCC3)c12. The molecular weight excluding hydrogens is 252 g/mol. The zero-order chi connectivity index (χ0) is 13.9. The van der Waals surface area contributed by atoms with Crippen molar-refractivity contribution in [2.45, 2.75) is 25.7 Å². The van der Waals surface area contributed by atoms with Crippen LogP contribution in [0.5, 0.6) is 0 Å². The first-order chi connectivity index (χ1) is 9.74. The van der Waals surface area contributed by atoms with Crippen LogP contribution in [-0.4, -0.2) is 40.6 Å². The van der Waals surface area contributed by atoms with E-state index in [0.717, 1.165) is 29.4 Å². The van der Waals surface area contributed by atoms with Crippen LogP contribution in [0.2, 0.25) is 0 Å². The molecule has 0 saturated carbocycles. The van der Waals surface area contributed by atoms with Gasteiger partial charge in [0.1, 0.15) is 0 Å². The Morgan fingerprint density at radius 3 is 2.80 bits per heavy atom. The predicted molar refractivity (Wildman–Crippen MR) is 79.0 cm³/mol. The highest BCUT2D eigenvalue weighted by Gasteiger charge is 2.14. The maximum absolute atomic E-state index is 11.0. The van der Waals surface area contributed by atoms with Crippen LogP contribution in [0.4, 0.5) is 0 Å². The van der Waals surface area contributed by atoms with E-state index in [0.29, 0.717) is 0 Å². The summed E-state index contributed by atoms with van der Waals surface area (Å²) in [5, 5.41) is 10.1. The third-order valence-electron chi connectivity index (χ3n) is 4.11. The molecule has 3 rings (SSSR count). The summed E-state index contributed by atoms with van der Waals surface area (Å²) in [6.07, 6.45) is 5.71. The van der Waals surface area contributed by atoms with Gasteiger partial charge >= 0.3 is 5.97 Å². The van der Waals surface area contributed by atoms with E-state index in [1.165, 1.54) is 31.5 Å². The van der Waals surface area contributed by atoms with E-state index in [-0.39, 0.29) is 6.42 Å². The maximum atomic E-state index is 11.0. The fraction of sp³-hybridized carbons (Fsp3) is 0.438. The molecule has 1 aliphatic heterocycles. The van der Waals surface area contributed by atoms with Gasteiger partial charge in [0.05, 0.1) is 6.42 Å². The average Bonchev–Trinajstić information content (AvgIpc) is 3.05. The Kier molecular flexibility index (Phi) is 3.74. The summed E-state index contributed by atoms with van der Waals surface area (Å²) >= 11 is 0. The van der Waals surface area contributed by atoms with Crippen LogP contribution < -0.4 is 0 Å². The van der Waals surface area contributed by atoms with E-state index in [1.54, 1.807) is 0 Å². The number of nitrogens with one attached hydrogen (secondary N) is 1. The summed E-state index contributed by atoms with van der Waals surface area (Å²) in [4.78, 5) is 16.7. The van der Waals surface area contributed by atoms with E-state index >= 15 is 0 Å².